The van der Waals surface area contributed by atoms with Crippen molar-refractivity contribution in [1.29, 1.82) is 0 Å². The van der Waals surface area contributed by atoms with Gasteiger partial charge in [0.1, 0.15) is 0 Å². The molecule has 0 saturated heterocycles. The van der Waals surface area contributed by atoms with Gasteiger partial charge in [-0.05, 0) is 53.8 Å². The first-order valence-corrected chi connectivity index (χ1v) is 6.13. The van der Waals surface area contributed by atoms with Gasteiger partial charge in [-0.3, -0.25) is 4.79 Å². The highest BCUT2D eigenvalue weighted by Gasteiger charge is 2.02. The summed E-state index contributed by atoms with van der Waals surface area (Å²) in [7, 11) is 0. The van der Waals surface area contributed by atoms with Crippen LogP contribution in [0.5, 0.6) is 0 Å². The van der Waals surface area contributed by atoms with E-state index in [1.807, 2.05) is 49.4 Å². The molecule has 0 saturated carbocycles. The summed E-state index contributed by atoms with van der Waals surface area (Å²) in [6.07, 6.45) is 0. The van der Waals surface area contributed by atoms with Crippen LogP contribution in [0.15, 0.2) is 53.3 Å². The highest BCUT2D eigenvalue weighted by atomic mass is 16.1. The van der Waals surface area contributed by atoms with E-state index in [0.29, 0.717) is 0 Å². The number of nitrogen functional groups attached to an aromatic ring is 1. The van der Waals surface area contributed by atoms with Gasteiger partial charge >= 0.3 is 0 Å². The number of aromatic amines is 1. The van der Waals surface area contributed by atoms with Crippen LogP contribution < -0.4 is 11.3 Å². The van der Waals surface area contributed by atoms with Gasteiger partial charge in [0.15, 0.2) is 0 Å². The number of rotatable bonds is 1. The third-order valence-corrected chi connectivity index (χ3v) is 3.27. The number of nitrogens with two attached hydrogens (primary N) is 1. The Hall–Kier alpha value is -2.55. The van der Waals surface area contributed by atoms with E-state index in [0.717, 1.165) is 33.3 Å². The van der Waals surface area contributed by atoms with E-state index < -0.39 is 0 Å². The lowest BCUT2D eigenvalue weighted by Crippen LogP contribution is -2.08. The summed E-state index contributed by atoms with van der Waals surface area (Å²) < 4.78 is 0. The zero-order valence-electron chi connectivity index (χ0n) is 10.6. The fourth-order valence-electron chi connectivity index (χ4n) is 2.17. The number of hydrogen-bond donors (Lipinski definition) is 2. The van der Waals surface area contributed by atoms with Crippen molar-refractivity contribution < 1.29 is 0 Å². The van der Waals surface area contributed by atoms with Crippen molar-refractivity contribution in [2.24, 2.45) is 0 Å². The van der Waals surface area contributed by atoms with Crippen molar-refractivity contribution in [3.8, 4) is 11.1 Å². The highest BCUT2D eigenvalue weighted by Crippen LogP contribution is 2.24. The smallest absolute Gasteiger partial charge is 0.251 e. The first-order chi connectivity index (χ1) is 9.13. The molecule has 0 aliphatic carbocycles. The molecule has 3 heteroatoms. The molecule has 3 N–H and O–H groups in total. The van der Waals surface area contributed by atoms with Gasteiger partial charge in [0.25, 0.3) is 5.56 Å². The van der Waals surface area contributed by atoms with Crippen LogP contribution in [0.25, 0.3) is 22.0 Å². The van der Waals surface area contributed by atoms with Crippen LogP contribution >= 0.6 is 0 Å². The second-order valence-electron chi connectivity index (χ2n) is 4.71. The van der Waals surface area contributed by atoms with Crippen molar-refractivity contribution in [2.75, 3.05) is 5.73 Å². The molecule has 2 aromatic carbocycles. The molecule has 0 unspecified atom stereocenters. The number of hydrogen-bond acceptors (Lipinski definition) is 2. The normalized spacial score (nSPS) is 10.8. The van der Waals surface area contributed by atoms with E-state index in [2.05, 4.69) is 11.1 Å². The predicted octanol–water partition coefficient (Wildman–Crippen LogP) is 3.09. The Morgan fingerprint density at radius 2 is 1.63 bits per heavy atom. The molecule has 0 atom stereocenters. The van der Waals surface area contributed by atoms with Gasteiger partial charge in [-0.2, -0.15) is 0 Å². The van der Waals surface area contributed by atoms with Crippen LogP contribution in [-0.2, 0) is 0 Å². The van der Waals surface area contributed by atoms with Gasteiger partial charge in [-0.25, -0.2) is 0 Å². The maximum atomic E-state index is 11.6. The number of fused-ring (bicyclic) bond motifs is 1. The number of aromatic nitrogens is 1. The van der Waals surface area contributed by atoms with Gasteiger partial charge in [-0.15, -0.1) is 0 Å². The molecule has 0 fully saturated rings. The molecule has 0 radical (unpaired) electrons. The Balaban J connectivity index is 2.18. The van der Waals surface area contributed by atoms with Crippen molar-refractivity contribution in [3.05, 3.63) is 64.4 Å². The van der Waals surface area contributed by atoms with Gasteiger partial charge in [0.05, 0.1) is 0 Å². The SMILES string of the molecule is Cc1cc2cc(-c3ccc(N)cc3)ccc2[nH]c1=O. The number of aryl methyl sites for hydroxylation is 1. The third-order valence-electron chi connectivity index (χ3n) is 3.27. The summed E-state index contributed by atoms with van der Waals surface area (Å²) in [6.45, 7) is 1.81. The summed E-state index contributed by atoms with van der Waals surface area (Å²) >= 11 is 0. The fraction of sp³-hybridized carbons (Fsp3) is 0.0625. The Kier molecular flexibility index (Phi) is 2.60. The number of nitrogens with one attached hydrogen (secondary N) is 1. The summed E-state index contributed by atoms with van der Waals surface area (Å²) in [5, 5.41) is 1.03. The van der Waals surface area contributed by atoms with Gasteiger partial charge in [0.2, 0.25) is 0 Å². The number of pyridine rings is 1. The van der Waals surface area contributed by atoms with Crippen LogP contribution in [0, 0.1) is 6.92 Å². The van der Waals surface area contributed by atoms with Crippen LogP contribution in [0.2, 0.25) is 0 Å². The fourth-order valence-corrected chi connectivity index (χ4v) is 2.17. The van der Waals surface area contributed by atoms with E-state index >= 15 is 0 Å². The quantitative estimate of drug-likeness (QED) is 0.652. The van der Waals surface area contributed by atoms with E-state index in [-0.39, 0.29) is 5.56 Å². The Labute approximate surface area is 110 Å². The first kappa shape index (κ1) is 11.5. The molecule has 0 aliphatic heterocycles. The minimum Gasteiger partial charge on any atom is -0.399 e. The molecule has 0 amide bonds. The lowest BCUT2D eigenvalue weighted by molar-refractivity contribution is 1.24. The highest BCUT2D eigenvalue weighted by molar-refractivity contribution is 5.84. The number of anilines is 1. The third kappa shape index (κ3) is 2.10. The molecule has 0 spiro atoms. The Morgan fingerprint density at radius 1 is 0.947 bits per heavy atom. The zero-order chi connectivity index (χ0) is 13.4. The van der Waals surface area contributed by atoms with E-state index in [1.165, 1.54) is 0 Å². The number of benzene rings is 2. The standard InChI is InChI=1S/C16H14N2O/c1-10-8-13-9-12(4-7-15(13)18-16(10)19)11-2-5-14(17)6-3-11/h2-9H,17H2,1H3,(H,18,19). The summed E-state index contributed by atoms with van der Waals surface area (Å²) in [5.74, 6) is 0. The average molecular weight is 250 g/mol. The molecule has 19 heavy (non-hydrogen) atoms. The molecule has 3 rings (SSSR count). The molecular formula is C16H14N2O. The van der Waals surface area contributed by atoms with Gasteiger partial charge in [0, 0.05) is 16.8 Å². The second kappa shape index (κ2) is 4.28. The second-order valence-corrected chi connectivity index (χ2v) is 4.71. The molecule has 3 nitrogen and oxygen atoms in total. The Bertz CT molecular complexity index is 801. The molecule has 3 aromatic rings. The minimum atomic E-state index is -0.0345. The van der Waals surface area contributed by atoms with Crippen molar-refractivity contribution in [2.45, 2.75) is 6.92 Å². The minimum absolute atomic E-state index is 0.0345. The van der Waals surface area contributed by atoms with Crippen molar-refractivity contribution in [3.63, 3.8) is 0 Å². The van der Waals surface area contributed by atoms with E-state index in [4.69, 9.17) is 5.73 Å². The van der Waals surface area contributed by atoms with Crippen LogP contribution in [-0.4, -0.2) is 4.98 Å². The Morgan fingerprint density at radius 3 is 2.37 bits per heavy atom. The van der Waals surface area contributed by atoms with Gasteiger partial charge < -0.3 is 10.7 Å². The molecular weight excluding hydrogens is 236 g/mol. The molecule has 1 aromatic heterocycles. The van der Waals surface area contributed by atoms with Crippen LogP contribution in [0.4, 0.5) is 5.69 Å². The summed E-state index contributed by atoms with van der Waals surface area (Å²) in [4.78, 5) is 14.4. The predicted molar refractivity (Wildman–Crippen MR) is 79.2 cm³/mol. The lowest BCUT2D eigenvalue weighted by Gasteiger charge is -2.05. The molecule has 1 heterocycles. The van der Waals surface area contributed by atoms with E-state index in [9.17, 15) is 4.79 Å². The molecule has 0 bridgehead atoms. The van der Waals surface area contributed by atoms with Crippen LogP contribution in [0.3, 0.4) is 0 Å². The van der Waals surface area contributed by atoms with E-state index in [1.54, 1.807) is 0 Å². The molecule has 0 aliphatic rings. The monoisotopic (exact) mass is 250 g/mol. The largest absolute Gasteiger partial charge is 0.399 e. The first-order valence-electron chi connectivity index (χ1n) is 6.13. The topological polar surface area (TPSA) is 58.9 Å². The summed E-state index contributed by atoms with van der Waals surface area (Å²) in [5.41, 5.74) is 10.2. The van der Waals surface area contributed by atoms with Crippen molar-refractivity contribution in [1.82, 2.24) is 4.98 Å². The summed E-state index contributed by atoms with van der Waals surface area (Å²) in [6, 6.07) is 15.7. The lowest BCUT2D eigenvalue weighted by atomic mass is 10.0. The van der Waals surface area contributed by atoms with Gasteiger partial charge in [-0.1, -0.05) is 18.2 Å². The average Bonchev–Trinajstić information content (AvgIpc) is 2.40. The number of H-pyrrole nitrogens is 1. The maximum absolute atomic E-state index is 11.6. The molecule has 94 valence electrons. The van der Waals surface area contributed by atoms with Crippen molar-refractivity contribution >= 4 is 16.6 Å². The zero-order valence-corrected chi connectivity index (χ0v) is 10.6. The maximum Gasteiger partial charge on any atom is 0.251 e. The van der Waals surface area contributed by atoms with Crippen LogP contribution in [0.1, 0.15) is 5.56 Å².